The summed E-state index contributed by atoms with van der Waals surface area (Å²) in [5.74, 6) is 1.71. The highest BCUT2D eigenvalue weighted by Crippen LogP contribution is 2.16. The molecule has 0 fully saturated rings. The van der Waals surface area contributed by atoms with Crippen LogP contribution in [0.3, 0.4) is 0 Å². The van der Waals surface area contributed by atoms with E-state index in [4.69, 9.17) is 5.73 Å². The van der Waals surface area contributed by atoms with E-state index in [1.54, 1.807) is 12.4 Å². The van der Waals surface area contributed by atoms with Crippen molar-refractivity contribution in [3.8, 4) is 0 Å². The molecule has 2 heterocycles. The Balaban J connectivity index is 2.30. The molecule has 1 atom stereocenters. The van der Waals surface area contributed by atoms with Gasteiger partial charge in [0.1, 0.15) is 17.7 Å². The first-order valence-corrected chi connectivity index (χ1v) is 5.48. The summed E-state index contributed by atoms with van der Waals surface area (Å²) in [6.45, 7) is 3.07. The molecule has 0 radical (unpaired) electrons. The average molecular weight is 219 g/mol. The fourth-order valence-electron chi connectivity index (χ4n) is 1.82. The summed E-state index contributed by atoms with van der Waals surface area (Å²) in [5, 5.41) is 0. The van der Waals surface area contributed by atoms with Crippen LogP contribution < -0.4 is 5.73 Å². The van der Waals surface area contributed by atoms with E-state index in [9.17, 15) is 0 Å². The van der Waals surface area contributed by atoms with Crippen LogP contribution in [-0.2, 0) is 13.6 Å². The average Bonchev–Trinajstić information content (AvgIpc) is 2.87. The molecule has 2 aromatic heterocycles. The topological polar surface area (TPSA) is 61.7 Å². The molecule has 0 aromatic carbocycles. The van der Waals surface area contributed by atoms with Gasteiger partial charge in [-0.05, 0) is 6.42 Å². The van der Waals surface area contributed by atoms with Crippen LogP contribution in [0.2, 0.25) is 0 Å². The van der Waals surface area contributed by atoms with E-state index in [0.29, 0.717) is 0 Å². The van der Waals surface area contributed by atoms with Gasteiger partial charge in [0.05, 0.1) is 0 Å². The van der Waals surface area contributed by atoms with Crippen molar-refractivity contribution >= 4 is 0 Å². The molecule has 0 saturated heterocycles. The van der Waals surface area contributed by atoms with Crippen molar-refractivity contribution < 1.29 is 0 Å². The van der Waals surface area contributed by atoms with Crippen LogP contribution in [0.1, 0.15) is 31.0 Å². The van der Waals surface area contributed by atoms with Crippen molar-refractivity contribution in [2.75, 3.05) is 0 Å². The maximum Gasteiger partial charge on any atom is 0.133 e. The van der Waals surface area contributed by atoms with Crippen LogP contribution in [0, 0.1) is 0 Å². The molecule has 0 aliphatic heterocycles. The third-order valence-corrected chi connectivity index (χ3v) is 2.63. The number of aromatic nitrogens is 4. The van der Waals surface area contributed by atoms with Crippen molar-refractivity contribution in [1.82, 2.24) is 19.1 Å². The molecule has 0 aliphatic carbocycles. The van der Waals surface area contributed by atoms with E-state index >= 15 is 0 Å². The lowest BCUT2D eigenvalue weighted by Gasteiger charge is -2.13. The number of aryl methyl sites for hydroxylation is 2. The Labute approximate surface area is 94.9 Å². The molecule has 2 rings (SSSR count). The van der Waals surface area contributed by atoms with Crippen LogP contribution in [0.15, 0.2) is 24.8 Å². The van der Waals surface area contributed by atoms with Crippen LogP contribution >= 0.6 is 0 Å². The standard InChI is InChI=1S/C11H17N5/c1-3-6-16-8-5-14-11(16)9(12)10-13-4-7-15(10)2/h4-5,7-9H,3,6,12H2,1-2H3. The maximum atomic E-state index is 6.17. The Morgan fingerprint density at radius 2 is 1.94 bits per heavy atom. The zero-order valence-corrected chi connectivity index (χ0v) is 9.67. The summed E-state index contributed by atoms with van der Waals surface area (Å²) >= 11 is 0. The minimum absolute atomic E-state index is 0.262. The molecule has 16 heavy (non-hydrogen) atoms. The molecule has 1 unspecified atom stereocenters. The van der Waals surface area contributed by atoms with Gasteiger partial charge in [0.25, 0.3) is 0 Å². The number of imidazole rings is 2. The first-order chi connectivity index (χ1) is 7.74. The number of nitrogens with zero attached hydrogens (tertiary/aromatic N) is 4. The summed E-state index contributed by atoms with van der Waals surface area (Å²) in [4.78, 5) is 8.57. The zero-order valence-electron chi connectivity index (χ0n) is 9.67. The quantitative estimate of drug-likeness (QED) is 0.836. The van der Waals surface area contributed by atoms with E-state index in [2.05, 4.69) is 21.5 Å². The summed E-state index contributed by atoms with van der Waals surface area (Å²) < 4.78 is 4.01. The van der Waals surface area contributed by atoms with Crippen molar-refractivity contribution in [1.29, 1.82) is 0 Å². The smallest absolute Gasteiger partial charge is 0.133 e. The van der Waals surface area contributed by atoms with Gasteiger partial charge in [0, 0.05) is 38.4 Å². The van der Waals surface area contributed by atoms with Gasteiger partial charge < -0.3 is 14.9 Å². The molecule has 2 aromatic rings. The SMILES string of the molecule is CCCn1ccnc1C(N)c1nccn1C. The molecular formula is C11H17N5. The molecule has 5 nitrogen and oxygen atoms in total. The molecule has 2 N–H and O–H groups in total. The second kappa shape index (κ2) is 4.49. The second-order valence-electron chi connectivity index (χ2n) is 3.85. The van der Waals surface area contributed by atoms with Gasteiger partial charge in [-0.3, -0.25) is 0 Å². The highest BCUT2D eigenvalue weighted by molar-refractivity contribution is 5.11. The molecular weight excluding hydrogens is 202 g/mol. The number of hydrogen-bond acceptors (Lipinski definition) is 3. The second-order valence-corrected chi connectivity index (χ2v) is 3.85. The van der Waals surface area contributed by atoms with Crippen molar-refractivity contribution in [2.45, 2.75) is 25.9 Å². The number of rotatable bonds is 4. The molecule has 86 valence electrons. The summed E-state index contributed by atoms with van der Waals surface area (Å²) in [5.41, 5.74) is 6.17. The first kappa shape index (κ1) is 10.9. The van der Waals surface area contributed by atoms with E-state index in [-0.39, 0.29) is 6.04 Å². The van der Waals surface area contributed by atoms with Gasteiger partial charge in [0.2, 0.25) is 0 Å². The van der Waals surface area contributed by atoms with E-state index in [0.717, 1.165) is 24.6 Å². The Bertz CT molecular complexity index is 456. The fraction of sp³-hybridized carbons (Fsp3) is 0.455. The van der Waals surface area contributed by atoms with Gasteiger partial charge in [-0.15, -0.1) is 0 Å². The summed E-state index contributed by atoms with van der Waals surface area (Å²) in [7, 11) is 1.94. The van der Waals surface area contributed by atoms with E-state index < -0.39 is 0 Å². The van der Waals surface area contributed by atoms with Crippen LogP contribution in [0.5, 0.6) is 0 Å². The Kier molecular flexibility index (Phi) is 3.05. The number of hydrogen-bond donors (Lipinski definition) is 1. The van der Waals surface area contributed by atoms with Crippen LogP contribution in [-0.4, -0.2) is 19.1 Å². The lowest BCUT2D eigenvalue weighted by Crippen LogP contribution is -2.21. The molecule has 0 bridgehead atoms. The predicted molar refractivity (Wildman–Crippen MR) is 61.8 cm³/mol. The predicted octanol–water partition coefficient (Wildman–Crippen LogP) is 1.07. The molecule has 0 amide bonds. The third-order valence-electron chi connectivity index (χ3n) is 2.63. The van der Waals surface area contributed by atoms with Crippen LogP contribution in [0.25, 0.3) is 0 Å². The zero-order chi connectivity index (χ0) is 11.5. The molecule has 0 spiro atoms. The third kappa shape index (κ3) is 1.86. The molecule has 5 heteroatoms. The lowest BCUT2D eigenvalue weighted by atomic mass is 10.2. The summed E-state index contributed by atoms with van der Waals surface area (Å²) in [6.07, 6.45) is 8.46. The Hall–Kier alpha value is -1.62. The molecule has 0 aliphatic rings. The first-order valence-electron chi connectivity index (χ1n) is 5.48. The maximum absolute atomic E-state index is 6.17. The van der Waals surface area contributed by atoms with Gasteiger partial charge in [-0.25, -0.2) is 9.97 Å². The van der Waals surface area contributed by atoms with Crippen molar-refractivity contribution in [3.05, 3.63) is 36.4 Å². The number of nitrogens with two attached hydrogens (primary N) is 1. The minimum Gasteiger partial charge on any atom is -0.336 e. The van der Waals surface area contributed by atoms with Gasteiger partial charge >= 0.3 is 0 Å². The molecule has 0 saturated carbocycles. The highest BCUT2D eigenvalue weighted by Gasteiger charge is 2.17. The monoisotopic (exact) mass is 219 g/mol. The Morgan fingerprint density at radius 1 is 1.25 bits per heavy atom. The lowest BCUT2D eigenvalue weighted by molar-refractivity contribution is 0.589. The van der Waals surface area contributed by atoms with E-state index in [1.807, 2.05) is 24.0 Å². The largest absolute Gasteiger partial charge is 0.336 e. The van der Waals surface area contributed by atoms with E-state index in [1.165, 1.54) is 0 Å². The minimum atomic E-state index is -0.262. The van der Waals surface area contributed by atoms with Crippen molar-refractivity contribution in [2.24, 2.45) is 12.8 Å². The van der Waals surface area contributed by atoms with Gasteiger partial charge in [-0.1, -0.05) is 6.92 Å². The summed E-state index contributed by atoms with van der Waals surface area (Å²) in [6, 6.07) is -0.262. The van der Waals surface area contributed by atoms with Gasteiger partial charge in [0.15, 0.2) is 0 Å². The highest BCUT2D eigenvalue weighted by atomic mass is 15.1. The van der Waals surface area contributed by atoms with Gasteiger partial charge in [-0.2, -0.15) is 0 Å². The van der Waals surface area contributed by atoms with Crippen LogP contribution in [0.4, 0.5) is 0 Å². The Morgan fingerprint density at radius 3 is 2.56 bits per heavy atom. The normalized spacial score (nSPS) is 12.9. The fourth-order valence-corrected chi connectivity index (χ4v) is 1.82. The van der Waals surface area contributed by atoms with Crippen molar-refractivity contribution in [3.63, 3.8) is 0 Å².